The molecule has 0 aliphatic heterocycles. The number of carbonyl (C=O) groups is 1. The van der Waals surface area contributed by atoms with E-state index in [4.69, 9.17) is 25.9 Å². The SMILES string of the molecule is CC(C)OC(=O)Nc1ccc(-c2[nH]c3cc(OCC(CN=CN=CN)ON)ccc3c2C#N)cc1. The number of nitrogens with one attached hydrogen (secondary N) is 2. The lowest BCUT2D eigenvalue weighted by molar-refractivity contribution is 0.0259. The molecule has 0 spiro atoms. The molecule has 0 aliphatic carbocycles. The minimum atomic E-state index is -0.526. The number of nitrogens with two attached hydrogens (primary N) is 2. The molecule has 3 aromatic rings. The predicted molar refractivity (Wildman–Crippen MR) is 134 cm³/mol. The zero-order valence-corrected chi connectivity index (χ0v) is 19.4. The van der Waals surface area contributed by atoms with Crippen molar-refractivity contribution in [1.82, 2.24) is 4.98 Å². The number of fused-ring (bicyclic) bond motifs is 1. The Labute approximate surface area is 202 Å². The molecule has 0 fully saturated rings. The number of H-pyrrole nitrogens is 1. The number of nitriles is 1. The van der Waals surface area contributed by atoms with Gasteiger partial charge >= 0.3 is 6.09 Å². The molecule has 35 heavy (non-hydrogen) atoms. The molecule has 1 heterocycles. The van der Waals surface area contributed by atoms with Crippen LogP contribution in [0.5, 0.6) is 5.75 Å². The maximum absolute atomic E-state index is 11.8. The molecule has 1 aromatic heterocycles. The van der Waals surface area contributed by atoms with Crippen molar-refractivity contribution < 1.29 is 19.1 Å². The van der Waals surface area contributed by atoms with Crippen LogP contribution in [0.15, 0.2) is 52.4 Å². The van der Waals surface area contributed by atoms with Crippen LogP contribution in [0.2, 0.25) is 0 Å². The van der Waals surface area contributed by atoms with Crippen LogP contribution in [0.3, 0.4) is 0 Å². The summed E-state index contributed by atoms with van der Waals surface area (Å²) in [5, 5.41) is 13.2. The van der Waals surface area contributed by atoms with E-state index in [1.54, 1.807) is 38.1 Å². The topological polar surface area (TPSA) is 173 Å². The van der Waals surface area contributed by atoms with Crippen molar-refractivity contribution in [2.24, 2.45) is 21.6 Å². The standard InChI is InChI=1S/C24H27N7O4/c1-15(2)34-24(32)30-17-5-3-16(4-6-17)23-21(10-25)20-8-7-18(9-22(20)31-23)33-12-19(35-27)11-28-14-29-13-26/h3-9,13-15,19,31H,11-12,27H2,1-2H3,(H,30,32)(H2,26,28,29). The Morgan fingerprint density at radius 1 is 1.26 bits per heavy atom. The van der Waals surface area contributed by atoms with Crippen LogP contribution in [0.1, 0.15) is 19.4 Å². The second-order valence-electron chi connectivity index (χ2n) is 7.70. The largest absolute Gasteiger partial charge is 0.491 e. The van der Waals surface area contributed by atoms with E-state index in [2.05, 4.69) is 26.4 Å². The molecule has 0 bridgehead atoms. The summed E-state index contributed by atoms with van der Waals surface area (Å²) in [6.07, 6.45) is 1.21. The number of ether oxygens (including phenoxy) is 2. The molecule has 0 aliphatic rings. The number of aromatic amines is 1. The minimum Gasteiger partial charge on any atom is -0.491 e. The lowest BCUT2D eigenvalue weighted by Crippen LogP contribution is -2.27. The van der Waals surface area contributed by atoms with E-state index < -0.39 is 12.2 Å². The van der Waals surface area contributed by atoms with Gasteiger partial charge in [0.1, 0.15) is 30.9 Å². The van der Waals surface area contributed by atoms with Crippen molar-refractivity contribution in [1.29, 1.82) is 5.26 Å². The number of carbonyl (C=O) groups excluding carboxylic acids is 1. The molecule has 1 amide bonds. The fourth-order valence-electron chi connectivity index (χ4n) is 3.26. The number of benzene rings is 2. The third kappa shape index (κ3) is 6.80. The van der Waals surface area contributed by atoms with Gasteiger partial charge in [0.15, 0.2) is 0 Å². The Morgan fingerprint density at radius 3 is 2.69 bits per heavy atom. The Bertz CT molecular complexity index is 1240. The summed E-state index contributed by atoms with van der Waals surface area (Å²) in [6, 6.07) is 14.8. The van der Waals surface area contributed by atoms with E-state index in [0.29, 0.717) is 22.7 Å². The lowest BCUT2D eigenvalue weighted by atomic mass is 10.1. The highest BCUT2D eigenvalue weighted by molar-refractivity contribution is 5.94. The first-order chi connectivity index (χ1) is 16.9. The van der Waals surface area contributed by atoms with Crippen LogP contribution < -0.4 is 21.7 Å². The van der Waals surface area contributed by atoms with Crippen LogP contribution in [0.25, 0.3) is 22.2 Å². The van der Waals surface area contributed by atoms with Gasteiger partial charge in [0.25, 0.3) is 0 Å². The van der Waals surface area contributed by atoms with Crippen molar-refractivity contribution in [3.63, 3.8) is 0 Å². The highest BCUT2D eigenvalue weighted by Gasteiger charge is 2.15. The quantitative estimate of drug-likeness (QED) is 0.197. The van der Waals surface area contributed by atoms with Gasteiger partial charge in [0.05, 0.1) is 35.8 Å². The normalized spacial score (nSPS) is 12.3. The van der Waals surface area contributed by atoms with Crippen LogP contribution in [-0.4, -0.2) is 49.1 Å². The van der Waals surface area contributed by atoms with Crippen LogP contribution >= 0.6 is 0 Å². The van der Waals surface area contributed by atoms with Gasteiger partial charge in [-0.2, -0.15) is 5.26 Å². The lowest BCUT2D eigenvalue weighted by Gasteiger charge is -2.13. The third-order valence-electron chi connectivity index (χ3n) is 4.82. The van der Waals surface area contributed by atoms with Crippen molar-refractivity contribution in [2.45, 2.75) is 26.1 Å². The Morgan fingerprint density at radius 2 is 2.03 bits per heavy atom. The fraction of sp³-hybridized carbons (Fsp3) is 0.250. The summed E-state index contributed by atoms with van der Waals surface area (Å²) < 4.78 is 10.9. The van der Waals surface area contributed by atoms with Gasteiger partial charge in [0, 0.05) is 17.1 Å². The van der Waals surface area contributed by atoms with Crippen molar-refractivity contribution in [3.8, 4) is 23.1 Å². The summed E-state index contributed by atoms with van der Waals surface area (Å²) in [6.45, 7) is 3.97. The first-order valence-electron chi connectivity index (χ1n) is 10.8. The van der Waals surface area contributed by atoms with Gasteiger partial charge in [-0.15, -0.1) is 0 Å². The van der Waals surface area contributed by atoms with Gasteiger partial charge in [-0.3, -0.25) is 15.1 Å². The number of nitrogens with zero attached hydrogens (tertiary/aromatic N) is 3. The van der Waals surface area contributed by atoms with E-state index in [-0.39, 0.29) is 19.3 Å². The molecule has 11 nitrogen and oxygen atoms in total. The molecule has 2 aromatic carbocycles. The summed E-state index contributed by atoms with van der Waals surface area (Å²) >= 11 is 0. The smallest absolute Gasteiger partial charge is 0.411 e. The number of aliphatic imine (C=N–C) groups is 2. The predicted octanol–water partition coefficient (Wildman–Crippen LogP) is 3.32. The summed E-state index contributed by atoms with van der Waals surface area (Å²) in [5.41, 5.74) is 8.42. The van der Waals surface area contributed by atoms with E-state index in [1.807, 2.05) is 18.2 Å². The van der Waals surface area contributed by atoms with E-state index in [9.17, 15) is 10.1 Å². The second kappa shape index (κ2) is 12.2. The molecule has 0 saturated carbocycles. The minimum absolute atomic E-state index is 0.165. The van der Waals surface area contributed by atoms with Crippen LogP contribution in [0, 0.1) is 11.3 Å². The molecule has 11 heteroatoms. The van der Waals surface area contributed by atoms with Crippen LogP contribution in [-0.2, 0) is 9.57 Å². The number of anilines is 1. The monoisotopic (exact) mass is 477 g/mol. The van der Waals surface area contributed by atoms with Gasteiger partial charge in [-0.25, -0.2) is 15.7 Å². The Balaban J connectivity index is 1.75. The zero-order valence-electron chi connectivity index (χ0n) is 19.4. The second-order valence-corrected chi connectivity index (χ2v) is 7.70. The van der Waals surface area contributed by atoms with Gasteiger partial charge in [-0.05, 0) is 43.7 Å². The van der Waals surface area contributed by atoms with Gasteiger partial charge in [0.2, 0.25) is 0 Å². The van der Waals surface area contributed by atoms with Crippen molar-refractivity contribution in [2.75, 3.05) is 18.5 Å². The Kier molecular flexibility index (Phi) is 8.77. The Hall–Kier alpha value is -4.40. The van der Waals surface area contributed by atoms with Crippen LogP contribution in [0.4, 0.5) is 10.5 Å². The highest BCUT2D eigenvalue weighted by Crippen LogP contribution is 2.32. The molecule has 1 unspecified atom stereocenters. The number of aromatic nitrogens is 1. The molecule has 0 radical (unpaired) electrons. The summed E-state index contributed by atoms with van der Waals surface area (Å²) in [4.78, 5) is 27.7. The molecule has 0 saturated heterocycles. The average molecular weight is 478 g/mol. The number of hydrogen-bond acceptors (Lipinski definition) is 7. The average Bonchev–Trinajstić information content (AvgIpc) is 3.21. The molecule has 1 atom stereocenters. The number of hydrogen-bond donors (Lipinski definition) is 4. The summed E-state index contributed by atoms with van der Waals surface area (Å²) in [7, 11) is 0. The first-order valence-corrected chi connectivity index (χ1v) is 10.8. The first kappa shape index (κ1) is 25.2. The van der Waals surface area contributed by atoms with E-state index in [0.717, 1.165) is 22.8 Å². The maximum Gasteiger partial charge on any atom is 0.411 e. The summed E-state index contributed by atoms with van der Waals surface area (Å²) in [5.74, 6) is 5.89. The fourth-order valence-corrected chi connectivity index (χ4v) is 3.26. The molecular weight excluding hydrogens is 450 g/mol. The van der Waals surface area contributed by atoms with Gasteiger partial charge < -0.3 is 20.2 Å². The third-order valence-corrected chi connectivity index (χ3v) is 4.82. The molecule has 182 valence electrons. The van der Waals surface area contributed by atoms with Crippen molar-refractivity contribution in [3.05, 3.63) is 48.0 Å². The van der Waals surface area contributed by atoms with Crippen molar-refractivity contribution >= 4 is 35.4 Å². The van der Waals surface area contributed by atoms with E-state index in [1.165, 1.54) is 6.34 Å². The number of rotatable bonds is 10. The zero-order chi connectivity index (χ0) is 25.2. The molecule has 3 rings (SSSR count). The number of amides is 1. The van der Waals surface area contributed by atoms with E-state index >= 15 is 0 Å². The molecular formula is C24H27N7O4. The maximum atomic E-state index is 11.8. The highest BCUT2D eigenvalue weighted by atomic mass is 16.6. The molecule has 6 N–H and O–H groups in total. The van der Waals surface area contributed by atoms with Gasteiger partial charge in [-0.1, -0.05) is 12.1 Å².